The van der Waals surface area contributed by atoms with Crippen LogP contribution >= 0.6 is 0 Å². The first kappa shape index (κ1) is 20.9. The Hall–Kier alpha value is -0.380. The van der Waals surface area contributed by atoms with Crippen LogP contribution < -0.4 is 0 Å². The van der Waals surface area contributed by atoms with Gasteiger partial charge in [0, 0.05) is 25.9 Å². The average Bonchev–Trinajstić information content (AvgIpc) is 2.96. The van der Waals surface area contributed by atoms with Crippen LogP contribution in [-0.2, 0) is 9.47 Å². The van der Waals surface area contributed by atoms with Gasteiger partial charge in [-0.15, -0.1) is 6.58 Å². The molecule has 1 saturated heterocycles. The number of hydrogen-bond donors (Lipinski definition) is 0. The van der Waals surface area contributed by atoms with E-state index in [0.717, 1.165) is 51.4 Å². The van der Waals surface area contributed by atoms with Gasteiger partial charge in [-0.2, -0.15) is 0 Å². The standard InChI is InChI=1S/C22H41NO2/c1-6-12-21(4,5)19-9-13-22(14-10-19)24-18-20(25-22)11-17-23(15-7-2)16-8-3/h7,19-20H,2,6,8-18H2,1,3-5H3. The molecule has 0 aromatic rings. The summed E-state index contributed by atoms with van der Waals surface area (Å²) in [6, 6.07) is 0. The summed E-state index contributed by atoms with van der Waals surface area (Å²) in [7, 11) is 0. The topological polar surface area (TPSA) is 21.7 Å². The Balaban J connectivity index is 1.78. The third kappa shape index (κ3) is 5.80. The molecule has 0 bridgehead atoms. The number of ether oxygens (including phenoxy) is 2. The molecule has 146 valence electrons. The van der Waals surface area contributed by atoms with E-state index >= 15 is 0 Å². The predicted molar refractivity (Wildman–Crippen MR) is 106 cm³/mol. The Morgan fingerprint density at radius 3 is 2.48 bits per heavy atom. The van der Waals surface area contributed by atoms with Crippen molar-refractivity contribution >= 4 is 0 Å². The zero-order valence-electron chi connectivity index (χ0n) is 17.2. The summed E-state index contributed by atoms with van der Waals surface area (Å²) in [4.78, 5) is 2.46. The molecule has 3 heteroatoms. The second-order valence-electron chi connectivity index (χ2n) is 8.85. The summed E-state index contributed by atoms with van der Waals surface area (Å²) in [5.74, 6) is 0.550. The Morgan fingerprint density at radius 1 is 1.16 bits per heavy atom. The van der Waals surface area contributed by atoms with Crippen molar-refractivity contribution in [2.75, 3.05) is 26.2 Å². The Labute approximate surface area is 156 Å². The summed E-state index contributed by atoms with van der Waals surface area (Å²) in [6.45, 7) is 17.3. The van der Waals surface area contributed by atoms with E-state index in [-0.39, 0.29) is 11.9 Å². The minimum Gasteiger partial charge on any atom is -0.347 e. The smallest absolute Gasteiger partial charge is 0.168 e. The first-order valence-electron chi connectivity index (χ1n) is 10.6. The molecule has 0 radical (unpaired) electrons. The maximum absolute atomic E-state index is 6.44. The van der Waals surface area contributed by atoms with Gasteiger partial charge >= 0.3 is 0 Å². The van der Waals surface area contributed by atoms with Crippen LogP contribution in [0.4, 0.5) is 0 Å². The second kappa shape index (κ2) is 9.53. The van der Waals surface area contributed by atoms with Crippen molar-refractivity contribution in [2.45, 2.75) is 91.0 Å². The lowest BCUT2D eigenvalue weighted by Crippen LogP contribution is -2.39. The largest absolute Gasteiger partial charge is 0.347 e. The molecule has 1 aliphatic heterocycles. The van der Waals surface area contributed by atoms with E-state index in [0.29, 0.717) is 5.41 Å². The van der Waals surface area contributed by atoms with Gasteiger partial charge < -0.3 is 9.47 Å². The van der Waals surface area contributed by atoms with Crippen LogP contribution in [0.5, 0.6) is 0 Å². The molecule has 1 saturated carbocycles. The van der Waals surface area contributed by atoms with E-state index in [1.165, 1.54) is 32.1 Å². The number of nitrogens with zero attached hydrogens (tertiary/aromatic N) is 1. The fraction of sp³-hybridized carbons (Fsp3) is 0.909. The van der Waals surface area contributed by atoms with Gasteiger partial charge in [0.05, 0.1) is 12.7 Å². The highest BCUT2D eigenvalue weighted by Gasteiger charge is 2.46. The van der Waals surface area contributed by atoms with Crippen molar-refractivity contribution < 1.29 is 9.47 Å². The zero-order chi connectivity index (χ0) is 18.3. The van der Waals surface area contributed by atoms with Crippen molar-refractivity contribution in [3.8, 4) is 0 Å². The summed E-state index contributed by atoms with van der Waals surface area (Å²) in [5.41, 5.74) is 0.458. The van der Waals surface area contributed by atoms with Crippen molar-refractivity contribution in [1.82, 2.24) is 4.90 Å². The van der Waals surface area contributed by atoms with E-state index in [4.69, 9.17) is 9.47 Å². The quantitative estimate of drug-likeness (QED) is 0.492. The molecule has 1 heterocycles. The average molecular weight is 352 g/mol. The summed E-state index contributed by atoms with van der Waals surface area (Å²) < 4.78 is 12.6. The molecule has 0 amide bonds. The molecule has 2 rings (SSSR count). The molecule has 1 atom stereocenters. The van der Waals surface area contributed by atoms with Crippen LogP contribution in [0.1, 0.15) is 79.1 Å². The molecular weight excluding hydrogens is 310 g/mol. The van der Waals surface area contributed by atoms with E-state index in [1.807, 2.05) is 6.08 Å². The zero-order valence-corrected chi connectivity index (χ0v) is 17.2. The highest BCUT2D eigenvalue weighted by atomic mass is 16.7. The summed E-state index contributed by atoms with van der Waals surface area (Å²) in [6.07, 6.45) is 11.8. The van der Waals surface area contributed by atoms with Gasteiger partial charge in [0.25, 0.3) is 0 Å². The lowest BCUT2D eigenvalue weighted by atomic mass is 9.68. The summed E-state index contributed by atoms with van der Waals surface area (Å²) in [5, 5.41) is 0. The van der Waals surface area contributed by atoms with Gasteiger partial charge in [0.1, 0.15) is 0 Å². The monoisotopic (exact) mass is 351 g/mol. The predicted octanol–water partition coefficient (Wildman–Crippen LogP) is 5.40. The van der Waals surface area contributed by atoms with Crippen LogP contribution in [0.2, 0.25) is 0 Å². The molecule has 1 aliphatic carbocycles. The molecule has 1 spiro atoms. The third-order valence-electron chi connectivity index (χ3n) is 6.36. The first-order valence-corrected chi connectivity index (χ1v) is 10.6. The minimum atomic E-state index is -0.266. The molecule has 3 nitrogen and oxygen atoms in total. The SMILES string of the molecule is C=CCN(CCC)CCC1COC2(CCC(C(C)(C)CCC)CC2)O1. The lowest BCUT2D eigenvalue weighted by Gasteiger charge is -2.42. The number of rotatable bonds is 10. The first-order chi connectivity index (χ1) is 11.9. The van der Waals surface area contributed by atoms with Crippen LogP contribution in [0, 0.1) is 11.3 Å². The van der Waals surface area contributed by atoms with Crippen molar-refractivity contribution in [2.24, 2.45) is 11.3 Å². The molecule has 25 heavy (non-hydrogen) atoms. The van der Waals surface area contributed by atoms with Gasteiger partial charge in [-0.25, -0.2) is 0 Å². The van der Waals surface area contributed by atoms with Crippen molar-refractivity contribution in [3.63, 3.8) is 0 Å². The van der Waals surface area contributed by atoms with Gasteiger partial charge in [-0.05, 0) is 50.0 Å². The molecule has 0 N–H and O–H groups in total. The normalized spacial score (nSPS) is 30.3. The minimum absolute atomic E-state index is 0.266. The molecule has 1 unspecified atom stereocenters. The van der Waals surface area contributed by atoms with Crippen molar-refractivity contribution in [1.29, 1.82) is 0 Å². The van der Waals surface area contributed by atoms with Gasteiger partial charge in [0.2, 0.25) is 0 Å². The lowest BCUT2D eigenvalue weighted by molar-refractivity contribution is -0.197. The molecule has 0 aromatic heterocycles. The van der Waals surface area contributed by atoms with Crippen LogP contribution in [0.3, 0.4) is 0 Å². The van der Waals surface area contributed by atoms with E-state index in [9.17, 15) is 0 Å². The molecule has 2 fully saturated rings. The third-order valence-corrected chi connectivity index (χ3v) is 6.36. The van der Waals surface area contributed by atoms with Crippen molar-refractivity contribution in [3.05, 3.63) is 12.7 Å². The van der Waals surface area contributed by atoms with E-state index < -0.39 is 0 Å². The highest BCUT2D eigenvalue weighted by Crippen LogP contribution is 2.47. The van der Waals surface area contributed by atoms with E-state index in [2.05, 4.69) is 39.2 Å². The van der Waals surface area contributed by atoms with Gasteiger partial charge in [-0.1, -0.05) is 40.2 Å². The fourth-order valence-electron chi connectivity index (χ4n) is 4.83. The van der Waals surface area contributed by atoms with Gasteiger partial charge in [0.15, 0.2) is 5.79 Å². The molecule has 2 aliphatic rings. The Bertz CT molecular complexity index is 399. The molecule has 0 aromatic carbocycles. The Kier molecular flexibility index (Phi) is 7.97. The highest BCUT2D eigenvalue weighted by molar-refractivity contribution is 4.90. The molecular formula is C22H41NO2. The number of hydrogen-bond acceptors (Lipinski definition) is 3. The van der Waals surface area contributed by atoms with Crippen LogP contribution in [-0.4, -0.2) is 43.0 Å². The maximum Gasteiger partial charge on any atom is 0.168 e. The van der Waals surface area contributed by atoms with Gasteiger partial charge in [-0.3, -0.25) is 4.90 Å². The second-order valence-corrected chi connectivity index (χ2v) is 8.85. The fourth-order valence-corrected chi connectivity index (χ4v) is 4.83. The summed E-state index contributed by atoms with van der Waals surface area (Å²) >= 11 is 0. The van der Waals surface area contributed by atoms with E-state index in [1.54, 1.807) is 0 Å². The Morgan fingerprint density at radius 2 is 1.88 bits per heavy atom. The maximum atomic E-state index is 6.44. The van der Waals surface area contributed by atoms with Crippen LogP contribution in [0.25, 0.3) is 0 Å². The van der Waals surface area contributed by atoms with Crippen LogP contribution in [0.15, 0.2) is 12.7 Å².